The molecule has 128 valence electrons. The van der Waals surface area contributed by atoms with Crippen molar-refractivity contribution >= 4 is 17.1 Å². The molecule has 0 unspecified atom stereocenters. The Balaban J connectivity index is 2.29. The topological polar surface area (TPSA) is 3.24 Å². The molecule has 0 aromatic heterocycles. The maximum atomic E-state index is 2.45. The monoisotopic (exact) mass is 329 g/mol. The molecule has 0 aliphatic heterocycles. The summed E-state index contributed by atoms with van der Waals surface area (Å²) in [5.74, 6) is 0. The minimum absolute atomic E-state index is 1.02. The molecule has 25 heavy (non-hydrogen) atoms. The molecule has 0 saturated carbocycles. The Hall–Kier alpha value is -2.54. The second-order valence-corrected chi connectivity index (χ2v) is 6.28. The van der Waals surface area contributed by atoms with E-state index < -0.39 is 0 Å². The molecular weight excluding hydrogens is 302 g/mol. The zero-order valence-electron chi connectivity index (χ0n) is 15.5. The summed E-state index contributed by atoms with van der Waals surface area (Å²) in [7, 11) is 0. The molecule has 1 heteroatoms. The Morgan fingerprint density at radius 2 is 0.760 bits per heavy atom. The Morgan fingerprint density at radius 1 is 0.480 bits per heavy atom. The van der Waals surface area contributed by atoms with Crippen LogP contribution in [0.25, 0.3) is 0 Å². The summed E-state index contributed by atoms with van der Waals surface area (Å²) in [4.78, 5) is 2.45. The van der Waals surface area contributed by atoms with Crippen molar-refractivity contribution in [3.63, 3.8) is 0 Å². The second kappa shape index (κ2) is 8.02. The predicted molar refractivity (Wildman–Crippen MR) is 109 cm³/mol. The Kier molecular flexibility index (Phi) is 5.55. The Morgan fingerprint density at radius 3 is 1.04 bits per heavy atom. The third-order valence-electron chi connectivity index (χ3n) is 4.84. The summed E-state index contributed by atoms with van der Waals surface area (Å²) < 4.78 is 0. The lowest BCUT2D eigenvalue weighted by Crippen LogP contribution is -2.15. The van der Waals surface area contributed by atoms with E-state index in [0.29, 0.717) is 0 Å². The molecule has 0 bridgehead atoms. The standard InChI is InChI=1S/C24H27N/c1-4-19-13-7-10-16-22(19)25(23-17-11-8-14-20(23)5-2)24-18-12-9-15-21(24)6-3/h7-18H,4-6H2,1-3H3. The summed E-state index contributed by atoms with van der Waals surface area (Å²) in [5.41, 5.74) is 7.98. The van der Waals surface area contributed by atoms with Crippen molar-refractivity contribution in [1.82, 2.24) is 0 Å². The predicted octanol–water partition coefficient (Wildman–Crippen LogP) is 6.84. The van der Waals surface area contributed by atoms with Crippen molar-refractivity contribution in [3.05, 3.63) is 89.5 Å². The summed E-state index contributed by atoms with van der Waals surface area (Å²) >= 11 is 0. The fourth-order valence-electron chi connectivity index (χ4n) is 3.47. The molecule has 0 aliphatic carbocycles. The van der Waals surface area contributed by atoms with Crippen molar-refractivity contribution in [2.75, 3.05) is 4.90 Å². The lowest BCUT2D eigenvalue weighted by molar-refractivity contribution is 1.06. The number of aryl methyl sites for hydroxylation is 3. The smallest absolute Gasteiger partial charge is 0.0493 e. The van der Waals surface area contributed by atoms with Crippen LogP contribution < -0.4 is 4.90 Å². The van der Waals surface area contributed by atoms with E-state index in [0.717, 1.165) is 19.3 Å². The van der Waals surface area contributed by atoms with Crippen LogP contribution in [0.4, 0.5) is 17.1 Å². The van der Waals surface area contributed by atoms with Gasteiger partial charge in [0.15, 0.2) is 0 Å². The van der Waals surface area contributed by atoms with Gasteiger partial charge < -0.3 is 4.90 Å². The van der Waals surface area contributed by atoms with E-state index in [9.17, 15) is 0 Å². The van der Waals surface area contributed by atoms with E-state index in [2.05, 4.69) is 98.5 Å². The normalized spacial score (nSPS) is 10.7. The highest BCUT2D eigenvalue weighted by Gasteiger charge is 2.19. The maximum absolute atomic E-state index is 2.45. The van der Waals surface area contributed by atoms with Gasteiger partial charge in [-0.25, -0.2) is 0 Å². The van der Waals surface area contributed by atoms with E-state index in [1.165, 1.54) is 33.8 Å². The van der Waals surface area contributed by atoms with E-state index >= 15 is 0 Å². The van der Waals surface area contributed by atoms with Crippen LogP contribution in [0.1, 0.15) is 37.5 Å². The van der Waals surface area contributed by atoms with Gasteiger partial charge in [0, 0.05) is 17.1 Å². The van der Waals surface area contributed by atoms with Crippen molar-refractivity contribution < 1.29 is 0 Å². The number of benzene rings is 3. The zero-order chi connectivity index (χ0) is 17.6. The molecule has 0 saturated heterocycles. The quantitative estimate of drug-likeness (QED) is 0.478. The highest BCUT2D eigenvalue weighted by atomic mass is 15.1. The summed E-state index contributed by atoms with van der Waals surface area (Å²) in [6, 6.07) is 26.3. The minimum Gasteiger partial charge on any atom is -0.310 e. The van der Waals surface area contributed by atoms with Crippen LogP contribution in [-0.4, -0.2) is 0 Å². The van der Waals surface area contributed by atoms with Gasteiger partial charge >= 0.3 is 0 Å². The van der Waals surface area contributed by atoms with Crippen LogP contribution >= 0.6 is 0 Å². The van der Waals surface area contributed by atoms with Gasteiger partial charge in [-0.2, -0.15) is 0 Å². The molecule has 0 radical (unpaired) electrons. The third kappa shape index (κ3) is 3.46. The third-order valence-corrected chi connectivity index (χ3v) is 4.84. The fraction of sp³-hybridized carbons (Fsp3) is 0.250. The molecular formula is C24H27N. The van der Waals surface area contributed by atoms with Gasteiger partial charge in [0.25, 0.3) is 0 Å². The van der Waals surface area contributed by atoms with Gasteiger partial charge in [-0.1, -0.05) is 75.4 Å². The first-order valence-corrected chi connectivity index (χ1v) is 9.33. The van der Waals surface area contributed by atoms with Crippen LogP contribution in [0.3, 0.4) is 0 Å². The molecule has 0 spiro atoms. The first kappa shape index (κ1) is 17.3. The van der Waals surface area contributed by atoms with Crippen LogP contribution in [0.5, 0.6) is 0 Å². The molecule has 0 N–H and O–H groups in total. The number of para-hydroxylation sites is 3. The van der Waals surface area contributed by atoms with Gasteiger partial charge in [-0.05, 0) is 54.2 Å². The summed E-state index contributed by atoms with van der Waals surface area (Å²) in [6.07, 6.45) is 3.07. The second-order valence-electron chi connectivity index (χ2n) is 6.28. The van der Waals surface area contributed by atoms with E-state index in [1.54, 1.807) is 0 Å². The first-order valence-electron chi connectivity index (χ1n) is 9.33. The summed E-state index contributed by atoms with van der Waals surface area (Å²) in [6.45, 7) is 6.69. The minimum atomic E-state index is 1.02. The van der Waals surface area contributed by atoms with Crippen molar-refractivity contribution in [2.45, 2.75) is 40.0 Å². The molecule has 0 atom stereocenters. The van der Waals surface area contributed by atoms with E-state index in [4.69, 9.17) is 0 Å². The lowest BCUT2D eigenvalue weighted by atomic mass is 10.0. The zero-order valence-corrected chi connectivity index (χ0v) is 15.5. The first-order chi connectivity index (χ1) is 12.3. The number of anilines is 3. The average Bonchev–Trinajstić information content (AvgIpc) is 2.69. The molecule has 0 aliphatic rings. The molecule has 0 heterocycles. The van der Waals surface area contributed by atoms with Gasteiger partial charge in [0.05, 0.1) is 0 Å². The van der Waals surface area contributed by atoms with E-state index in [-0.39, 0.29) is 0 Å². The largest absolute Gasteiger partial charge is 0.310 e. The van der Waals surface area contributed by atoms with Crippen molar-refractivity contribution in [1.29, 1.82) is 0 Å². The van der Waals surface area contributed by atoms with Crippen LogP contribution in [0.2, 0.25) is 0 Å². The molecule has 1 nitrogen and oxygen atoms in total. The lowest BCUT2D eigenvalue weighted by Gasteiger charge is -2.31. The van der Waals surface area contributed by atoms with Crippen molar-refractivity contribution in [2.24, 2.45) is 0 Å². The highest BCUT2D eigenvalue weighted by molar-refractivity contribution is 5.81. The average molecular weight is 329 g/mol. The number of hydrogen-bond donors (Lipinski definition) is 0. The van der Waals surface area contributed by atoms with Crippen molar-refractivity contribution in [3.8, 4) is 0 Å². The van der Waals surface area contributed by atoms with Crippen LogP contribution in [-0.2, 0) is 19.3 Å². The molecule has 0 fully saturated rings. The molecule has 0 amide bonds. The van der Waals surface area contributed by atoms with Gasteiger partial charge in [-0.3, -0.25) is 0 Å². The number of nitrogens with zero attached hydrogens (tertiary/aromatic N) is 1. The van der Waals surface area contributed by atoms with Crippen LogP contribution in [0, 0.1) is 0 Å². The highest BCUT2D eigenvalue weighted by Crippen LogP contribution is 2.40. The molecule has 3 rings (SSSR count). The fourth-order valence-corrected chi connectivity index (χ4v) is 3.47. The van der Waals surface area contributed by atoms with Gasteiger partial charge in [0.2, 0.25) is 0 Å². The summed E-state index contributed by atoms with van der Waals surface area (Å²) in [5, 5.41) is 0. The number of hydrogen-bond acceptors (Lipinski definition) is 1. The SMILES string of the molecule is CCc1ccccc1N(c1ccccc1CC)c1ccccc1CC. The maximum Gasteiger partial charge on any atom is 0.0493 e. The Labute approximate surface area is 151 Å². The van der Waals surface area contributed by atoms with Gasteiger partial charge in [-0.15, -0.1) is 0 Å². The van der Waals surface area contributed by atoms with E-state index in [1.807, 2.05) is 0 Å². The molecule has 3 aromatic rings. The molecule has 3 aromatic carbocycles. The number of rotatable bonds is 6. The Bertz CT molecular complexity index is 722. The van der Waals surface area contributed by atoms with Gasteiger partial charge in [0.1, 0.15) is 0 Å². The van der Waals surface area contributed by atoms with Crippen LogP contribution in [0.15, 0.2) is 72.8 Å².